The quantitative estimate of drug-likeness (QED) is 0.517. The van der Waals surface area contributed by atoms with Gasteiger partial charge in [-0.2, -0.15) is 0 Å². The molecule has 1 fully saturated rings. The first-order valence-corrected chi connectivity index (χ1v) is 4.93. The number of nitrogens with two attached hydrogens (primary N) is 1. The molecule has 0 aromatic carbocycles. The van der Waals surface area contributed by atoms with E-state index in [1.165, 1.54) is 0 Å². The van der Waals surface area contributed by atoms with Gasteiger partial charge in [-0.3, -0.25) is 9.69 Å². The molecule has 3 nitrogen and oxygen atoms in total. The normalized spacial score (nSPS) is 25.0. The zero-order chi connectivity index (χ0) is 10.1. The first kappa shape index (κ1) is 10.5. The molecule has 0 bridgehead atoms. The van der Waals surface area contributed by atoms with Crippen molar-refractivity contribution in [3.63, 3.8) is 0 Å². The fourth-order valence-electron chi connectivity index (χ4n) is 1.95. The smallest absolute Gasteiger partial charge is 0.234 e. The first-order chi connectivity index (χ1) is 5.90. The minimum absolute atomic E-state index is 0.0146. The van der Waals surface area contributed by atoms with Crippen LogP contribution in [0.2, 0.25) is 0 Å². The summed E-state index contributed by atoms with van der Waals surface area (Å²) in [5.41, 5.74) is 5.57. The zero-order valence-electron chi connectivity index (χ0n) is 8.84. The summed E-state index contributed by atoms with van der Waals surface area (Å²) in [5.74, 6) is -0.165. The highest BCUT2D eigenvalue weighted by atomic mass is 16.2. The van der Waals surface area contributed by atoms with Crippen LogP contribution in [-0.4, -0.2) is 29.9 Å². The minimum atomic E-state index is -0.165. The standard InChI is InChI=1S/C10H20N2O/c1-10(2,3)7-12-6-4-5-8(12)9(11)13/h8H,4-7H2,1-3H3,(H2,11,13)/i7+1,8+1,11+1. The summed E-state index contributed by atoms with van der Waals surface area (Å²) in [5, 5.41) is 0. The molecule has 1 atom stereocenters. The Labute approximate surface area is 80.3 Å². The van der Waals surface area contributed by atoms with Crippen LogP contribution in [0.3, 0.4) is 0 Å². The van der Waals surface area contributed by atoms with Crippen molar-refractivity contribution in [1.82, 2.24) is 4.90 Å². The van der Waals surface area contributed by atoms with Gasteiger partial charge in [-0.05, 0) is 24.8 Å². The Kier molecular flexibility index (Phi) is 2.96. The molecule has 0 aliphatic carbocycles. The molecule has 76 valence electrons. The molecule has 2 N–H and O–H groups in total. The number of hydrogen-bond acceptors (Lipinski definition) is 2. The number of likely N-dealkylation sites (tertiary alicyclic amines) is 1. The summed E-state index contributed by atoms with van der Waals surface area (Å²) < 4.78 is 0. The largest absolute Gasteiger partial charge is 0.368 e. The van der Waals surface area contributed by atoms with Crippen LogP contribution in [-0.2, 0) is 4.79 Å². The van der Waals surface area contributed by atoms with Gasteiger partial charge in [-0.15, -0.1) is 0 Å². The summed E-state index contributed by atoms with van der Waals surface area (Å²) in [6.45, 7) is 8.53. The summed E-state index contributed by atoms with van der Waals surface area (Å²) >= 11 is 0. The van der Waals surface area contributed by atoms with E-state index in [2.05, 4.69) is 25.7 Å². The van der Waals surface area contributed by atoms with E-state index in [0.29, 0.717) is 0 Å². The molecule has 1 aliphatic heterocycles. The average Bonchev–Trinajstić information content (AvgIpc) is 2.31. The van der Waals surface area contributed by atoms with E-state index < -0.39 is 0 Å². The van der Waals surface area contributed by atoms with E-state index in [4.69, 9.17) is 5.73 Å². The molecule has 1 amide bonds. The van der Waals surface area contributed by atoms with Crippen LogP contribution in [0, 0.1) is 5.41 Å². The third-order valence-corrected chi connectivity index (χ3v) is 2.37. The predicted molar refractivity (Wildman–Crippen MR) is 53.2 cm³/mol. The fraction of sp³-hybridized carbons (Fsp3) is 0.900. The monoisotopic (exact) mass is 187 g/mol. The van der Waals surface area contributed by atoms with Crippen LogP contribution in [0.1, 0.15) is 33.6 Å². The zero-order valence-corrected chi connectivity index (χ0v) is 8.84. The van der Waals surface area contributed by atoms with Crippen molar-refractivity contribution in [1.29, 1.82) is 0 Å². The Bertz CT molecular complexity index is 196. The van der Waals surface area contributed by atoms with Crippen LogP contribution in [0.5, 0.6) is 0 Å². The lowest BCUT2D eigenvalue weighted by Crippen LogP contribution is -2.43. The fourth-order valence-corrected chi connectivity index (χ4v) is 1.95. The number of amides is 1. The topological polar surface area (TPSA) is 46.3 Å². The highest BCUT2D eigenvalue weighted by Gasteiger charge is 2.31. The number of nitrogens with zero attached hydrogens (tertiary/aromatic N) is 1. The van der Waals surface area contributed by atoms with Crippen LogP contribution in [0.4, 0.5) is 0 Å². The number of carbonyl (C=O) groups is 1. The van der Waals surface area contributed by atoms with Crippen molar-refractivity contribution in [3.05, 3.63) is 0 Å². The molecule has 0 spiro atoms. The van der Waals surface area contributed by atoms with Crippen LogP contribution >= 0.6 is 0 Å². The molecule has 1 saturated heterocycles. The second-order valence-corrected chi connectivity index (χ2v) is 5.09. The number of hydrogen-bond donors (Lipinski definition) is 1. The molecule has 0 radical (unpaired) electrons. The van der Waals surface area contributed by atoms with Crippen molar-refractivity contribution in [2.75, 3.05) is 13.1 Å². The van der Waals surface area contributed by atoms with Crippen molar-refractivity contribution in [2.24, 2.45) is 11.1 Å². The maximum absolute atomic E-state index is 11.1. The van der Waals surface area contributed by atoms with Crippen molar-refractivity contribution in [2.45, 2.75) is 39.7 Å². The van der Waals surface area contributed by atoms with Crippen molar-refractivity contribution >= 4 is 5.91 Å². The lowest BCUT2D eigenvalue weighted by molar-refractivity contribution is -0.122. The Morgan fingerprint density at radius 3 is 2.62 bits per heavy atom. The maximum Gasteiger partial charge on any atom is 0.234 e. The van der Waals surface area contributed by atoms with Gasteiger partial charge >= 0.3 is 0 Å². The molecule has 13 heavy (non-hydrogen) atoms. The van der Waals surface area contributed by atoms with Crippen LogP contribution in [0.25, 0.3) is 0 Å². The second kappa shape index (κ2) is 3.66. The number of primary amides is 1. The van der Waals surface area contributed by atoms with E-state index in [-0.39, 0.29) is 17.4 Å². The van der Waals surface area contributed by atoms with Crippen molar-refractivity contribution in [3.8, 4) is 0 Å². The highest BCUT2D eigenvalue weighted by Crippen LogP contribution is 2.23. The van der Waals surface area contributed by atoms with Crippen LogP contribution < -0.4 is 5.73 Å². The molecule has 0 aromatic heterocycles. The lowest BCUT2D eigenvalue weighted by atomic mass is 10.1. The van der Waals surface area contributed by atoms with Gasteiger partial charge in [0.25, 0.3) is 0 Å². The second-order valence-electron chi connectivity index (χ2n) is 5.09. The molecule has 1 unspecified atom stereocenters. The highest BCUT2D eigenvalue weighted by molar-refractivity contribution is 5.80. The molecule has 0 saturated carbocycles. The Morgan fingerprint density at radius 1 is 1.54 bits per heavy atom. The third kappa shape index (κ3) is 2.99. The van der Waals surface area contributed by atoms with E-state index in [1.54, 1.807) is 0 Å². The van der Waals surface area contributed by atoms with Crippen LogP contribution in [0.15, 0.2) is 0 Å². The molecule has 1 aliphatic rings. The lowest BCUT2D eigenvalue weighted by Gasteiger charge is -2.29. The molecule has 3 heteroatoms. The van der Waals surface area contributed by atoms with Gasteiger partial charge in [0, 0.05) is 6.54 Å². The Morgan fingerprint density at radius 2 is 2.15 bits per heavy atom. The van der Waals surface area contributed by atoms with Crippen molar-refractivity contribution < 1.29 is 4.79 Å². The van der Waals surface area contributed by atoms with E-state index in [0.717, 1.165) is 25.9 Å². The Hall–Kier alpha value is -0.570. The Balaban J connectivity index is 2.54. The summed E-state index contributed by atoms with van der Waals surface area (Å²) in [4.78, 5) is 13.3. The first-order valence-electron chi connectivity index (χ1n) is 4.93. The molecular formula is C10H20N2O. The molecule has 1 heterocycles. The van der Waals surface area contributed by atoms with Gasteiger partial charge in [0.2, 0.25) is 5.91 Å². The van der Waals surface area contributed by atoms with E-state index in [1.807, 2.05) is 0 Å². The summed E-state index contributed by atoms with van der Waals surface area (Å²) in [7, 11) is 0. The molecule has 1 rings (SSSR count). The van der Waals surface area contributed by atoms with Gasteiger partial charge in [0.1, 0.15) is 0 Å². The number of carbonyl (C=O) groups excluding carboxylic acids is 1. The number of rotatable bonds is 2. The predicted octanol–water partition coefficient (Wildman–Crippen LogP) is 0.982. The van der Waals surface area contributed by atoms with Gasteiger partial charge in [-0.25, -0.2) is 0 Å². The molecular weight excluding hydrogens is 167 g/mol. The van der Waals surface area contributed by atoms with Gasteiger partial charge in [0.05, 0.1) is 6.04 Å². The van der Waals surface area contributed by atoms with Gasteiger partial charge < -0.3 is 5.73 Å². The SMILES string of the molecule is CC(C)(C)[13CH2]N1CCC[13CH]1C([15NH2])=O. The molecule has 0 aromatic rings. The van der Waals surface area contributed by atoms with Gasteiger partial charge in [-0.1, -0.05) is 20.8 Å². The van der Waals surface area contributed by atoms with Gasteiger partial charge in [0.15, 0.2) is 0 Å². The van der Waals surface area contributed by atoms with E-state index >= 15 is 0 Å². The third-order valence-electron chi connectivity index (χ3n) is 2.37. The average molecular weight is 187 g/mol. The maximum atomic E-state index is 11.1. The summed E-state index contributed by atoms with van der Waals surface area (Å²) in [6, 6.07) is -0.0146. The minimum Gasteiger partial charge on any atom is -0.368 e. The summed E-state index contributed by atoms with van der Waals surface area (Å²) in [6.07, 6.45) is 2.04. The van der Waals surface area contributed by atoms with E-state index in [9.17, 15) is 4.79 Å².